The molecule has 0 bridgehead atoms. The van der Waals surface area contributed by atoms with E-state index in [2.05, 4.69) is 11.7 Å². The van der Waals surface area contributed by atoms with Crippen molar-refractivity contribution in [3.8, 4) is 0 Å². The van der Waals surface area contributed by atoms with E-state index in [4.69, 9.17) is 4.52 Å². The van der Waals surface area contributed by atoms with Crippen molar-refractivity contribution in [2.24, 2.45) is 0 Å². The molecule has 104 valence electrons. The molecule has 0 spiro atoms. The van der Waals surface area contributed by atoms with Crippen LogP contribution in [0.1, 0.15) is 32.0 Å². The second-order valence-corrected chi connectivity index (χ2v) is 4.06. The van der Waals surface area contributed by atoms with Gasteiger partial charge < -0.3 is 4.52 Å². The lowest BCUT2D eigenvalue weighted by atomic mass is 10.0. The third kappa shape index (κ3) is 4.09. The molecule has 0 radical (unpaired) electrons. The molecule has 1 aromatic heterocycles. The monoisotopic (exact) mass is 267 g/mol. The van der Waals surface area contributed by atoms with E-state index in [1.807, 2.05) is 69.4 Å². The zero-order chi connectivity index (χ0) is 14.8. The van der Waals surface area contributed by atoms with Gasteiger partial charge in [0.05, 0.1) is 0 Å². The fourth-order valence-corrected chi connectivity index (χ4v) is 1.77. The topological polar surface area (TPSA) is 26.0 Å². The molecule has 0 aliphatic rings. The Morgan fingerprint density at radius 1 is 1.10 bits per heavy atom. The van der Waals surface area contributed by atoms with Crippen molar-refractivity contribution in [2.45, 2.75) is 20.8 Å². The number of aromatic nitrogens is 1. The van der Waals surface area contributed by atoms with E-state index in [1.54, 1.807) is 12.3 Å². The number of rotatable bonds is 6. The summed E-state index contributed by atoms with van der Waals surface area (Å²) in [5, 5.41) is 4.12. The number of nitrogens with zero attached hydrogens (tertiary/aromatic N) is 1. The Morgan fingerprint density at radius 2 is 1.90 bits per heavy atom. The van der Waals surface area contributed by atoms with Crippen LogP contribution in [-0.4, -0.2) is 5.16 Å². The molecule has 0 amide bonds. The average molecular weight is 267 g/mol. The molecular weight excluding hydrogens is 246 g/mol. The minimum atomic E-state index is 0.833. The van der Waals surface area contributed by atoms with Crippen molar-refractivity contribution in [3.63, 3.8) is 0 Å². The van der Waals surface area contributed by atoms with Gasteiger partial charge in [-0.3, -0.25) is 0 Å². The first-order valence-electron chi connectivity index (χ1n) is 6.64. The molecule has 0 unspecified atom stereocenters. The zero-order valence-electron chi connectivity index (χ0n) is 12.3. The Labute approximate surface area is 121 Å². The molecule has 0 saturated carbocycles. The molecule has 0 aliphatic heterocycles. The third-order valence-corrected chi connectivity index (χ3v) is 2.69. The molecule has 20 heavy (non-hydrogen) atoms. The smallest absolute Gasteiger partial charge is 0.132 e. The molecule has 0 N–H and O–H groups in total. The van der Waals surface area contributed by atoms with Gasteiger partial charge in [-0.15, -0.1) is 0 Å². The van der Waals surface area contributed by atoms with Crippen molar-refractivity contribution in [3.05, 3.63) is 78.8 Å². The summed E-state index contributed by atoms with van der Waals surface area (Å²) in [4.78, 5) is 0. The van der Waals surface area contributed by atoms with Gasteiger partial charge in [0.25, 0.3) is 0 Å². The maximum absolute atomic E-state index is 5.16. The first kappa shape index (κ1) is 15.7. The SMILES string of the molecule is C=C/C=C(\C=C/C)c1conc1C(/C=C\C=C/C)=C/C. The van der Waals surface area contributed by atoms with Crippen LogP contribution in [-0.2, 0) is 0 Å². The highest BCUT2D eigenvalue weighted by atomic mass is 16.5. The largest absolute Gasteiger partial charge is 0.363 e. The van der Waals surface area contributed by atoms with E-state index in [0.717, 1.165) is 22.4 Å². The Bertz CT molecular complexity index is 580. The molecule has 2 heteroatoms. The molecule has 0 fully saturated rings. The van der Waals surface area contributed by atoms with Crippen LogP contribution in [0.5, 0.6) is 0 Å². The normalized spacial score (nSPS) is 13.9. The van der Waals surface area contributed by atoms with Crippen molar-refractivity contribution in [1.29, 1.82) is 0 Å². The summed E-state index contributed by atoms with van der Waals surface area (Å²) in [5.41, 5.74) is 3.84. The minimum Gasteiger partial charge on any atom is -0.363 e. The van der Waals surface area contributed by atoms with Gasteiger partial charge in [-0.1, -0.05) is 66.4 Å². The van der Waals surface area contributed by atoms with Gasteiger partial charge in [0.1, 0.15) is 12.0 Å². The van der Waals surface area contributed by atoms with Crippen LogP contribution in [0, 0.1) is 0 Å². The number of allylic oxidation sites excluding steroid dienone is 11. The van der Waals surface area contributed by atoms with Crippen molar-refractivity contribution >= 4 is 11.1 Å². The maximum Gasteiger partial charge on any atom is 0.132 e. The molecule has 0 aliphatic carbocycles. The summed E-state index contributed by atoms with van der Waals surface area (Å²) in [5.74, 6) is 0. The van der Waals surface area contributed by atoms with Gasteiger partial charge in [0.15, 0.2) is 0 Å². The number of hydrogen-bond acceptors (Lipinski definition) is 2. The van der Waals surface area contributed by atoms with E-state index >= 15 is 0 Å². The van der Waals surface area contributed by atoms with Crippen molar-refractivity contribution in [1.82, 2.24) is 5.16 Å². The summed E-state index contributed by atoms with van der Waals surface area (Å²) >= 11 is 0. The Balaban J connectivity index is 3.24. The quantitative estimate of drug-likeness (QED) is 0.649. The Morgan fingerprint density at radius 3 is 2.50 bits per heavy atom. The third-order valence-electron chi connectivity index (χ3n) is 2.69. The summed E-state index contributed by atoms with van der Waals surface area (Å²) in [6.07, 6.45) is 19.4. The molecule has 1 rings (SSSR count). The first-order chi connectivity index (χ1) is 9.78. The summed E-state index contributed by atoms with van der Waals surface area (Å²) in [7, 11) is 0. The molecular formula is C18H21NO. The highest BCUT2D eigenvalue weighted by Crippen LogP contribution is 2.26. The van der Waals surface area contributed by atoms with Crippen LogP contribution in [0.2, 0.25) is 0 Å². The molecule has 2 nitrogen and oxygen atoms in total. The molecule has 0 atom stereocenters. The Hall–Kier alpha value is -2.35. The van der Waals surface area contributed by atoms with Gasteiger partial charge >= 0.3 is 0 Å². The molecule has 0 aromatic carbocycles. The first-order valence-corrected chi connectivity index (χ1v) is 6.64. The van der Waals surface area contributed by atoms with E-state index in [9.17, 15) is 0 Å². The lowest BCUT2D eigenvalue weighted by Gasteiger charge is -2.02. The van der Waals surface area contributed by atoms with Gasteiger partial charge in [0, 0.05) is 11.1 Å². The Kier molecular flexibility index (Phi) is 6.83. The zero-order valence-corrected chi connectivity index (χ0v) is 12.3. The predicted molar refractivity (Wildman–Crippen MR) is 87.1 cm³/mol. The maximum atomic E-state index is 5.16. The van der Waals surface area contributed by atoms with Crippen LogP contribution in [0.15, 0.2) is 72.0 Å². The predicted octanol–water partition coefficient (Wildman–Crippen LogP) is 5.36. The lowest BCUT2D eigenvalue weighted by molar-refractivity contribution is 0.417. The summed E-state index contributed by atoms with van der Waals surface area (Å²) in [6, 6.07) is 0. The van der Waals surface area contributed by atoms with E-state index in [1.165, 1.54) is 0 Å². The minimum absolute atomic E-state index is 0.833. The van der Waals surface area contributed by atoms with Crippen molar-refractivity contribution < 1.29 is 4.52 Å². The average Bonchev–Trinajstić information content (AvgIpc) is 2.92. The standard InChI is InChI=1S/C18H21NO/c1-5-9-10-13-15(8-4)18-17(14-20-19-18)16(11-6-2)12-7-3/h5-14H,2H2,1,3-4H3/b9-5-,12-7-,13-10-,15-8+,16-11+. The van der Waals surface area contributed by atoms with Gasteiger partial charge in [-0.25, -0.2) is 0 Å². The van der Waals surface area contributed by atoms with E-state index in [-0.39, 0.29) is 0 Å². The molecule has 0 saturated heterocycles. The highest BCUT2D eigenvalue weighted by molar-refractivity contribution is 5.85. The van der Waals surface area contributed by atoms with Crippen LogP contribution in [0.4, 0.5) is 0 Å². The van der Waals surface area contributed by atoms with E-state index in [0.29, 0.717) is 0 Å². The van der Waals surface area contributed by atoms with Gasteiger partial charge in [0.2, 0.25) is 0 Å². The van der Waals surface area contributed by atoms with Crippen molar-refractivity contribution in [2.75, 3.05) is 0 Å². The van der Waals surface area contributed by atoms with Crippen LogP contribution < -0.4 is 0 Å². The van der Waals surface area contributed by atoms with E-state index < -0.39 is 0 Å². The molecule has 1 heterocycles. The number of hydrogen-bond donors (Lipinski definition) is 0. The second kappa shape index (κ2) is 8.70. The fourth-order valence-electron chi connectivity index (χ4n) is 1.77. The highest BCUT2D eigenvalue weighted by Gasteiger charge is 2.12. The summed E-state index contributed by atoms with van der Waals surface area (Å²) < 4.78 is 5.16. The second-order valence-electron chi connectivity index (χ2n) is 4.06. The van der Waals surface area contributed by atoms with Crippen LogP contribution in [0.3, 0.4) is 0 Å². The fraction of sp³-hybridized carbons (Fsp3) is 0.167. The van der Waals surface area contributed by atoms with Crippen LogP contribution in [0.25, 0.3) is 11.1 Å². The lowest BCUT2D eigenvalue weighted by Crippen LogP contribution is -1.88. The van der Waals surface area contributed by atoms with Gasteiger partial charge in [-0.05, 0) is 26.3 Å². The summed E-state index contributed by atoms with van der Waals surface area (Å²) in [6.45, 7) is 9.70. The molecule has 1 aromatic rings. The van der Waals surface area contributed by atoms with Gasteiger partial charge in [-0.2, -0.15) is 0 Å². The van der Waals surface area contributed by atoms with Crippen LogP contribution >= 0.6 is 0 Å².